The summed E-state index contributed by atoms with van der Waals surface area (Å²) in [4.78, 5) is 0. The van der Waals surface area contributed by atoms with Gasteiger partial charge in [-0.25, -0.2) is 4.68 Å². The van der Waals surface area contributed by atoms with Crippen LogP contribution in [0.3, 0.4) is 0 Å². The van der Waals surface area contributed by atoms with Gasteiger partial charge in [0, 0.05) is 25.1 Å². The number of aryl methyl sites for hydroxylation is 1. The summed E-state index contributed by atoms with van der Waals surface area (Å²) in [6, 6.07) is 0.448. The Labute approximate surface area is 119 Å². The lowest BCUT2D eigenvalue weighted by atomic mass is 9.78. The van der Waals surface area contributed by atoms with E-state index in [1.807, 2.05) is 4.68 Å². The molecular weight excluding hydrogens is 262 g/mol. The molecule has 1 unspecified atom stereocenters. The predicted octanol–water partition coefficient (Wildman–Crippen LogP) is 3.11. The van der Waals surface area contributed by atoms with Gasteiger partial charge in [-0.05, 0) is 25.7 Å². The van der Waals surface area contributed by atoms with Crippen LogP contribution in [0.1, 0.15) is 56.7 Å². The summed E-state index contributed by atoms with van der Waals surface area (Å²) in [7, 11) is 0. The van der Waals surface area contributed by atoms with E-state index >= 15 is 0 Å². The zero-order valence-corrected chi connectivity index (χ0v) is 12.1. The van der Waals surface area contributed by atoms with E-state index in [1.165, 1.54) is 32.1 Å². The van der Waals surface area contributed by atoms with Gasteiger partial charge < -0.3 is 4.74 Å². The van der Waals surface area contributed by atoms with Crippen molar-refractivity contribution in [3.8, 4) is 0 Å². The largest absolute Gasteiger partial charge is 0.375 e. The van der Waals surface area contributed by atoms with Gasteiger partial charge in [0.2, 0.25) is 0 Å². The molecule has 0 N–H and O–H groups in total. The average molecular weight is 284 g/mol. The molecule has 0 bridgehead atoms. The maximum absolute atomic E-state index is 6.13. The van der Waals surface area contributed by atoms with Crippen LogP contribution in [-0.4, -0.2) is 33.1 Å². The molecule has 106 valence electrons. The molecule has 19 heavy (non-hydrogen) atoms. The normalized spacial score (nSPS) is 26.7. The number of hydrogen-bond acceptors (Lipinski definition) is 3. The predicted molar refractivity (Wildman–Crippen MR) is 74.5 cm³/mol. The lowest BCUT2D eigenvalue weighted by Gasteiger charge is -2.43. The molecule has 1 atom stereocenters. The van der Waals surface area contributed by atoms with Gasteiger partial charge in [0.1, 0.15) is 0 Å². The van der Waals surface area contributed by atoms with E-state index in [1.54, 1.807) is 0 Å². The standard InChI is InChI=1S/C14H22ClN3O/c15-8-4-12-11-18(17-16-12)13-5-9-19-14(10-13)6-2-1-3-7-14/h11,13H,1-10H2. The van der Waals surface area contributed by atoms with Crippen LogP contribution in [0.4, 0.5) is 0 Å². The summed E-state index contributed by atoms with van der Waals surface area (Å²) in [6.07, 6.45) is 11.4. The first-order valence-corrected chi connectivity index (χ1v) is 7.95. The Morgan fingerprint density at radius 2 is 2.21 bits per heavy atom. The van der Waals surface area contributed by atoms with Crippen molar-refractivity contribution in [1.82, 2.24) is 15.0 Å². The highest BCUT2D eigenvalue weighted by Gasteiger charge is 2.39. The van der Waals surface area contributed by atoms with E-state index in [4.69, 9.17) is 16.3 Å². The van der Waals surface area contributed by atoms with E-state index in [2.05, 4.69) is 16.5 Å². The van der Waals surface area contributed by atoms with Gasteiger partial charge in [-0.1, -0.05) is 24.5 Å². The van der Waals surface area contributed by atoms with Gasteiger partial charge >= 0.3 is 0 Å². The van der Waals surface area contributed by atoms with Crippen molar-refractivity contribution < 1.29 is 4.74 Å². The minimum absolute atomic E-state index is 0.125. The number of ether oxygens (including phenoxy) is 1. The summed E-state index contributed by atoms with van der Waals surface area (Å²) in [5, 5.41) is 8.49. The van der Waals surface area contributed by atoms with Crippen molar-refractivity contribution >= 4 is 11.6 Å². The molecule has 4 nitrogen and oxygen atoms in total. The molecule has 0 radical (unpaired) electrons. The van der Waals surface area contributed by atoms with Crippen LogP contribution in [0.2, 0.25) is 0 Å². The number of nitrogens with zero attached hydrogens (tertiary/aromatic N) is 3. The van der Waals surface area contributed by atoms with E-state index in [0.717, 1.165) is 31.6 Å². The second kappa shape index (κ2) is 5.80. The molecular formula is C14H22ClN3O. The minimum atomic E-state index is 0.125. The van der Waals surface area contributed by atoms with Crippen molar-refractivity contribution in [1.29, 1.82) is 0 Å². The first-order valence-electron chi connectivity index (χ1n) is 7.42. The van der Waals surface area contributed by atoms with Crippen LogP contribution in [0, 0.1) is 0 Å². The topological polar surface area (TPSA) is 39.9 Å². The van der Waals surface area contributed by atoms with E-state index in [-0.39, 0.29) is 5.60 Å². The van der Waals surface area contributed by atoms with Crippen molar-refractivity contribution in [2.75, 3.05) is 12.5 Å². The number of halogens is 1. The smallest absolute Gasteiger partial charge is 0.0839 e. The SMILES string of the molecule is ClCCc1cn(C2CCOC3(CCCCC3)C2)nn1. The van der Waals surface area contributed by atoms with Gasteiger partial charge in [0.05, 0.1) is 17.3 Å². The molecule has 1 spiro atoms. The summed E-state index contributed by atoms with van der Waals surface area (Å²) >= 11 is 5.75. The number of hydrogen-bond donors (Lipinski definition) is 0. The fourth-order valence-corrected chi connectivity index (χ4v) is 3.67. The molecule has 1 saturated heterocycles. The molecule has 2 fully saturated rings. The molecule has 2 heterocycles. The molecule has 3 rings (SSSR count). The second-order valence-electron chi connectivity index (χ2n) is 5.87. The third-order valence-electron chi connectivity index (χ3n) is 4.51. The van der Waals surface area contributed by atoms with E-state index in [9.17, 15) is 0 Å². The van der Waals surface area contributed by atoms with Crippen LogP contribution in [0.25, 0.3) is 0 Å². The second-order valence-corrected chi connectivity index (χ2v) is 6.25. The Bertz CT molecular complexity index is 409. The number of alkyl halides is 1. The van der Waals surface area contributed by atoms with Gasteiger partial charge in [-0.2, -0.15) is 0 Å². The molecule has 1 aromatic rings. The zero-order valence-electron chi connectivity index (χ0n) is 11.4. The first kappa shape index (κ1) is 13.4. The molecule has 0 amide bonds. The molecule has 1 aromatic heterocycles. The Balaban J connectivity index is 1.69. The van der Waals surface area contributed by atoms with E-state index < -0.39 is 0 Å². The lowest BCUT2D eigenvalue weighted by Crippen LogP contribution is -2.42. The Morgan fingerprint density at radius 1 is 1.37 bits per heavy atom. The van der Waals surface area contributed by atoms with Gasteiger partial charge in [-0.3, -0.25) is 0 Å². The maximum atomic E-state index is 6.13. The third-order valence-corrected chi connectivity index (χ3v) is 4.70. The van der Waals surface area contributed by atoms with Gasteiger partial charge in [-0.15, -0.1) is 16.7 Å². The average Bonchev–Trinajstić information content (AvgIpc) is 2.89. The summed E-state index contributed by atoms with van der Waals surface area (Å²) < 4.78 is 8.17. The molecule has 1 saturated carbocycles. The minimum Gasteiger partial charge on any atom is -0.375 e. The third kappa shape index (κ3) is 2.95. The summed E-state index contributed by atoms with van der Waals surface area (Å²) in [6.45, 7) is 0.857. The van der Waals surface area contributed by atoms with Gasteiger partial charge in [0.15, 0.2) is 0 Å². The molecule has 1 aliphatic heterocycles. The Hall–Kier alpha value is -0.610. The molecule has 2 aliphatic rings. The van der Waals surface area contributed by atoms with Crippen LogP contribution < -0.4 is 0 Å². The zero-order chi connectivity index (χ0) is 13.1. The fraction of sp³-hybridized carbons (Fsp3) is 0.857. The number of rotatable bonds is 3. The maximum Gasteiger partial charge on any atom is 0.0839 e. The highest BCUT2D eigenvalue weighted by molar-refractivity contribution is 6.17. The lowest BCUT2D eigenvalue weighted by molar-refractivity contribution is -0.115. The van der Waals surface area contributed by atoms with Crippen molar-refractivity contribution in [2.45, 2.75) is 63.0 Å². The first-order chi connectivity index (χ1) is 9.31. The van der Waals surface area contributed by atoms with E-state index in [0.29, 0.717) is 11.9 Å². The van der Waals surface area contributed by atoms with Crippen molar-refractivity contribution in [2.24, 2.45) is 0 Å². The fourth-order valence-electron chi connectivity index (χ4n) is 3.48. The van der Waals surface area contributed by atoms with Crippen LogP contribution >= 0.6 is 11.6 Å². The Kier molecular flexibility index (Phi) is 4.08. The van der Waals surface area contributed by atoms with Crippen LogP contribution in [-0.2, 0) is 11.2 Å². The van der Waals surface area contributed by atoms with Gasteiger partial charge in [0.25, 0.3) is 0 Å². The summed E-state index contributed by atoms with van der Waals surface area (Å²) in [5.41, 5.74) is 1.12. The molecule has 5 heteroatoms. The van der Waals surface area contributed by atoms with Crippen molar-refractivity contribution in [3.63, 3.8) is 0 Å². The quantitative estimate of drug-likeness (QED) is 0.800. The highest BCUT2D eigenvalue weighted by atomic mass is 35.5. The Morgan fingerprint density at radius 3 is 3.00 bits per heavy atom. The number of aromatic nitrogens is 3. The molecule has 0 aromatic carbocycles. The summed E-state index contributed by atoms with van der Waals surface area (Å²) in [5.74, 6) is 0.608. The highest BCUT2D eigenvalue weighted by Crippen LogP contribution is 2.41. The van der Waals surface area contributed by atoms with Crippen molar-refractivity contribution in [3.05, 3.63) is 11.9 Å². The van der Waals surface area contributed by atoms with Crippen LogP contribution in [0.5, 0.6) is 0 Å². The molecule has 1 aliphatic carbocycles. The van der Waals surface area contributed by atoms with Crippen LogP contribution in [0.15, 0.2) is 6.20 Å². The monoisotopic (exact) mass is 283 g/mol.